The lowest BCUT2D eigenvalue weighted by molar-refractivity contribution is 0.126. The maximum absolute atomic E-state index is 9.84. The van der Waals surface area contributed by atoms with Crippen molar-refractivity contribution in [1.82, 2.24) is 0 Å². The van der Waals surface area contributed by atoms with Crippen molar-refractivity contribution in [3.8, 4) is 0 Å². The number of hydrogen-bond donors (Lipinski definition) is 1. The Balaban J connectivity index is 3.01. The van der Waals surface area contributed by atoms with E-state index in [9.17, 15) is 5.11 Å². The Morgan fingerprint density at radius 3 is 2.38 bits per heavy atom. The van der Waals surface area contributed by atoms with Gasteiger partial charge < -0.3 is 5.11 Å². The predicted molar refractivity (Wildman–Crippen MR) is 58.7 cm³/mol. The first-order chi connectivity index (χ1) is 6.02. The summed E-state index contributed by atoms with van der Waals surface area (Å²) in [6, 6.07) is 6.02. The number of halogens is 1. The third kappa shape index (κ3) is 2.55. The van der Waals surface area contributed by atoms with E-state index in [1.807, 2.05) is 39.0 Å². The molecule has 1 aromatic rings. The summed E-state index contributed by atoms with van der Waals surface area (Å²) in [4.78, 5) is 0. The zero-order valence-corrected chi connectivity index (χ0v) is 9.80. The summed E-state index contributed by atoms with van der Waals surface area (Å²) < 4.78 is 0.994. The minimum Gasteiger partial charge on any atom is -0.388 e. The van der Waals surface area contributed by atoms with Gasteiger partial charge in [0, 0.05) is 4.47 Å². The second kappa shape index (κ2) is 4.25. The van der Waals surface area contributed by atoms with Crippen molar-refractivity contribution in [2.75, 3.05) is 0 Å². The Hall–Kier alpha value is -0.340. The van der Waals surface area contributed by atoms with Gasteiger partial charge in [-0.3, -0.25) is 0 Å². The molecule has 0 saturated heterocycles. The van der Waals surface area contributed by atoms with E-state index < -0.39 is 0 Å². The lowest BCUT2D eigenvalue weighted by Crippen LogP contribution is -2.06. The Morgan fingerprint density at radius 2 is 1.92 bits per heavy atom. The molecule has 13 heavy (non-hydrogen) atoms. The molecule has 0 aliphatic rings. The Labute approximate surface area is 87.9 Å². The fourth-order valence-corrected chi connectivity index (χ4v) is 1.96. The molecule has 0 spiro atoms. The van der Waals surface area contributed by atoms with E-state index >= 15 is 0 Å². The lowest BCUT2D eigenvalue weighted by atomic mass is 9.98. The molecule has 1 unspecified atom stereocenters. The third-order valence-electron chi connectivity index (χ3n) is 2.11. The van der Waals surface area contributed by atoms with Gasteiger partial charge in [-0.15, -0.1) is 0 Å². The van der Waals surface area contributed by atoms with Gasteiger partial charge in [-0.05, 0) is 30.0 Å². The molecule has 0 aliphatic carbocycles. The van der Waals surface area contributed by atoms with E-state index in [1.165, 1.54) is 5.56 Å². The molecule has 2 heteroatoms. The van der Waals surface area contributed by atoms with Crippen molar-refractivity contribution in [1.29, 1.82) is 0 Å². The minimum atomic E-state index is -0.380. The van der Waals surface area contributed by atoms with Crippen LogP contribution in [0.25, 0.3) is 0 Å². The van der Waals surface area contributed by atoms with Crippen LogP contribution in [0, 0.1) is 12.8 Å². The topological polar surface area (TPSA) is 20.2 Å². The number of aryl methyl sites for hydroxylation is 1. The zero-order chi connectivity index (χ0) is 10.0. The van der Waals surface area contributed by atoms with Crippen molar-refractivity contribution < 1.29 is 5.11 Å². The van der Waals surface area contributed by atoms with Crippen LogP contribution < -0.4 is 0 Å². The molecule has 1 nitrogen and oxygen atoms in total. The number of aliphatic hydroxyl groups is 1. The Bertz CT molecular complexity index is 294. The highest BCUT2D eigenvalue weighted by Gasteiger charge is 2.14. The van der Waals surface area contributed by atoms with Gasteiger partial charge in [-0.2, -0.15) is 0 Å². The number of benzene rings is 1. The third-order valence-corrected chi connectivity index (χ3v) is 2.79. The van der Waals surface area contributed by atoms with Gasteiger partial charge in [0.25, 0.3) is 0 Å². The van der Waals surface area contributed by atoms with Crippen LogP contribution in [0.4, 0.5) is 0 Å². The molecule has 0 saturated carbocycles. The summed E-state index contributed by atoms with van der Waals surface area (Å²) in [5.74, 6) is 0.249. The van der Waals surface area contributed by atoms with E-state index in [4.69, 9.17) is 0 Å². The lowest BCUT2D eigenvalue weighted by Gasteiger charge is -2.16. The summed E-state index contributed by atoms with van der Waals surface area (Å²) in [5.41, 5.74) is 2.17. The van der Waals surface area contributed by atoms with E-state index in [2.05, 4.69) is 15.9 Å². The van der Waals surface area contributed by atoms with E-state index in [-0.39, 0.29) is 12.0 Å². The maximum Gasteiger partial charge on any atom is 0.0823 e. The molecule has 0 aliphatic heterocycles. The molecule has 1 N–H and O–H groups in total. The first kappa shape index (κ1) is 10.7. The number of hydrogen-bond acceptors (Lipinski definition) is 1. The smallest absolute Gasteiger partial charge is 0.0823 e. The normalized spacial score (nSPS) is 13.4. The van der Waals surface area contributed by atoms with Gasteiger partial charge in [0.1, 0.15) is 0 Å². The first-order valence-corrected chi connectivity index (χ1v) is 5.25. The molecule has 1 atom stereocenters. The second-order valence-electron chi connectivity index (χ2n) is 3.71. The monoisotopic (exact) mass is 242 g/mol. The Morgan fingerprint density at radius 1 is 1.31 bits per heavy atom. The second-order valence-corrected chi connectivity index (χ2v) is 4.57. The average Bonchev–Trinajstić information content (AvgIpc) is 2.03. The fourth-order valence-electron chi connectivity index (χ4n) is 1.23. The van der Waals surface area contributed by atoms with Gasteiger partial charge >= 0.3 is 0 Å². The van der Waals surface area contributed by atoms with E-state index in [1.54, 1.807) is 0 Å². The number of rotatable bonds is 2. The molecular formula is C11H15BrO. The highest BCUT2D eigenvalue weighted by molar-refractivity contribution is 9.10. The van der Waals surface area contributed by atoms with Gasteiger partial charge in [0.2, 0.25) is 0 Å². The van der Waals surface area contributed by atoms with Gasteiger partial charge in [0.15, 0.2) is 0 Å². The summed E-state index contributed by atoms with van der Waals surface area (Å²) in [6.07, 6.45) is -0.380. The molecule has 0 aromatic heterocycles. The van der Waals surface area contributed by atoms with Gasteiger partial charge in [-0.1, -0.05) is 41.9 Å². The minimum absolute atomic E-state index is 0.249. The average molecular weight is 243 g/mol. The molecule has 0 radical (unpaired) electrons. The van der Waals surface area contributed by atoms with Crippen LogP contribution in [0.1, 0.15) is 31.1 Å². The van der Waals surface area contributed by atoms with Crippen LogP contribution in [0.2, 0.25) is 0 Å². The standard InChI is InChI=1S/C11H15BrO/c1-7(2)11(13)9-5-4-8(3)6-10(9)12/h4-7,11,13H,1-3H3. The first-order valence-electron chi connectivity index (χ1n) is 4.46. The van der Waals surface area contributed by atoms with Crippen molar-refractivity contribution in [2.45, 2.75) is 26.9 Å². The number of aliphatic hydroxyl groups excluding tert-OH is 1. The van der Waals surface area contributed by atoms with Crippen molar-refractivity contribution in [3.05, 3.63) is 33.8 Å². The zero-order valence-electron chi connectivity index (χ0n) is 8.21. The summed E-state index contributed by atoms with van der Waals surface area (Å²) in [5, 5.41) is 9.84. The predicted octanol–water partition coefficient (Wildman–Crippen LogP) is 3.45. The molecule has 0 fully saturated rings. The van der Waals surface area contributed by atoms with Crippen LogP contribution in [-0.4, -0.2) is 5.11 Å². The molecule has 1 aromatic carbocycles. The maximum atomic E-state index is 9.84. The van der Waals surface area contributed by atoms with Crippen LogP contribution in [0.3, 0.4) is 0 Å². The molecule has 0 bridgehead atoms. The summed E-state index contributed by atoms with van der Waals surface area (Å²) in [6.45, 7) is 6.06. The highest BCUT2D eigenvalue weighted by atomic mass is 79.9. The quantitative estimate of drug-likeness (QED) is 0.843. The van der Waals surface area contributed by atoms with Crippen molar-refractivity contribution in [2.24, 2.45) is 5.92 Å². The molecule has 1 rings (SSSR count). The summed E-state index contributed by atoms with van der Waals surface area (Å²) in [7, 11) is 0. The largest absolute Gasteiger partial charge is 0.388 e. The van der Waals surface area contributed by atoms with Gasteiger partial charge in [-0.25, -0.2) is 0 Å². The van der Waals surface area contributed by atoms with Crippen molar-refractivity contribution >= 4 is 15.9 Å². The summed E-state index contributed by atoms with van der Waals surface area (Å²) >= 11 is 3.46. The van der Waals surface area contributed by atoms with Crippen LogP contribution in [0.15, 0.2) is 22.7 Å². The van der Waals surface area contributed by atoms with E-state index in [0.29, 0.717) is 0 Å². The molecule has 0 amide bonds. The van der Waals surface area contributed by atoms with Crippen LogP contribution in [0.5, 0.6) is 0 Å². The van der Waals surface area contributed by atoms with Crippen molar-refractivity contribution in [3.63, 3.8) is 0 Å². The van der Waals surface area contributed by atoms with Crippen LogP contribution in [-0.2, 0) is 0 Å². The molecule has 72 valence electrons. The highest BCUT2D eigenvalue weighted by Crippen LogP contribution is 2.28. The fraction of sp³-hybridized carbons (Fsp3) is 0.455. The Kier molecular flexibility index (Phi) is 3.51. The van der Waals surface area contributed by atoms with Crippen LogP contribution >= 0.6 is 15.9 Å². The molecule has 0 heterocycles. The SMILES string of the molecule is Cc1ccc(C(O)C(C)C)c(Br)c1. The van der Waals surface area contributed by atoms with E-state index in [0.717, 1.165) is 10.0 Å². The van der Waals surface area contributed by atoms with Gasteiger partial charge in [0.05, 0.1) is 6.10 Å². The molecular weight excluding hydrogens is 228 g/mol.